The molecule has 0 N–H and O–H groups in total. The number of aliphatic imine (C=N–C) groups is 1. The van der Waals surface area contributed by atoms with E-state index in [-0.39, 0.29) is 5.41 Å². The molecule has 170 valence electrons. The lowest BCUT2D eigenvalue weighted by Gasteiger charge is -2.34. The second kappa shape index (κ2) is 9.92. The molecule has 1 aromatic heterocycles. The summed E-state index contributed by atoms with van der Waals surface area (Å²) in [5, 5.41) is 0. The molecular formula is C27H36N4O. The monoisotopic (exact) mass is 432 g/mol. The maximum absolute atomic E-state index is 6.07. The molecule has 32 heavy (non-hydrogen) atoms. The van der Waals surface area contributed by atoms with E-state index in [9.17, 15) is 0 Å². The van der Waals surface area contributed by atoms with E-state index in [4.69, 9.17) is 11.2 Å². The number of allylic oxidation sites excluding steroid dienone is 2. The van der Waals surface area contributed by atoms with E-state index in [0.717, 1.165) is 55.6 Å². The number of fused-ring (bicyclic) bond motifs is 1. The number of hydrogen-bond donors (Lipinski definition) is 0. The van der Waals surface area contributed by atoms with Gasteiger partial charge in [0.2, 0.25) is 0 Å². The second-order valence-corrected chi connectivity index (χ2v) is 9.75. The van der Waals surface area contributed by atoms with Crippen LogP contribution in [0.25, 0.3) is 11.0 Å². The van der Waals surface area contributed by atoms with Gasteiger partial charge in [0.1, 0.15) is 6.73 Å². The van der Waals surface area contributed by atoms with Gasteiger partial charge in [-0.25, -0.2) is 4.98 Å². The molecule has 2 heterocycles. The summed E-state index contributed by atoms with van der Waals surface area (Å²) >= 11 is 0. The first-order chi connectivity index (χ1) is 15.5. The maximum atomic E-state index is 6.07. The number of rotatable bonds is 5. The van der Waals surface area contributed by atoms with Crippen LogP contribution in [0.3, 0.4) is 0 Å². The third-order valence-corrected chi connectivity index (χ3v) is 6.97. The van der Waals surface area contributed by atoms with E-state index in [1.165, 1.54) is 30.7 Å². The molecule has 2 aliphatic rings. The van der Waals surface area contributed by atoms with Gasteiger partial charge in [-0.3, -0.25) is 4.99 Å². The summed E-state index contributed by atoms with van der Waals surface area (Å²) in [5.41, 5.74) is 5.73. The Balaban J connectivity index is 1.46. The summed E-state index contributed by atoms with van der Waals surface area (Å²) in [7, 11) is 1.91. The quantitative estimate of drug-likeness (QED) is 0.478. The minimum atomic E-state index is 0.188. The Morgan fingerprint density at radius 2 is 2.16 bits per heavy atom. The lowest BCUT2D eigenvalue weighted by atomic mass is 9.80. The molecule has 1 saturated carbocycles. The highest BCUT2D eigenvalue weighted by molar-refractivity contribution is 5.98. The highest BCUT2D eigenvalue weighted by atomic mass is 16.5. The van der Waals surface area contributed by atoms with Crippen molar-refractivity contribution in [3.05, 3.63) is 41.9 Å². The van der Waals surface area contributed by atoms with Gasteiger partial charge >= 0.3 is 0 Å². The average molecular weight is 433 g/mol. The van der Waals surface area contributed by atoms with Crippen molar-refractivity contribution >= 4 is 16.7 Å². The Hall–Kier alpha value is -2.58. The van der Waals surface area contributed by atoms with E-state index in [0.29, 0.717) is 12.6 Å². The predicted molar refractivity (Wildman–Crippen MR) is 132 cm³/mol. The first kappa shape index (κ1) is 22.6. The number of imidazole rings is 1. The van der Waals surface area contributed by atoms with Crippen LogP contribution in [-0.2, 0) is 11.3 Å². The first-order valence-electron chi connectivity index (χ1n) is 11.9. The van der Waals surface area contributed by atoms with Crippen molar-refractivity contribution in [2.45, 2.75) is 58.9 Å². The van der Waals surface area contributed by atoms with E-state index in [2.05, 4.69) is 51.4 Å². The fraction of sp³-hybridized carbons (Fsp3) is 0.556. The van der Waals surface area contributed by atoms with Crippen LogP contribution in [0.1, 0.15) is 57.9 Å². The average Bonchev–Trinajstić information content (AvgIpc) is 3.57. The standard InChI is InChI=1S/C27H36N4O/c1-5-22-8-11-24-26(17-22)31(19-29-24)18-27(3)12-6-14-30(20-32-15-7-13-27)21(2)16-25(28-4)23-9-10-23/h1,8,11,16-17,19,23H,6-7,9-10,12-15,18,20H2,2-4H3/b21-16+,28-25+. The predicted octanol–water partition coefficient (Wildman–Crippen LogP) is 5.26. The number of ether oxygens (including phenoxy) is 1. The molecule has 0 bridgehead atoms. The minimum absolute atomic E-state index is 0.188. The van der Waals surface area contributed by atoms with Crippen LogP contribution in [-0.4, -0.2) is 47.1 Å². The molecule has 1 unspecified atom stereocenters. The largest absolute Gasteiger partial charge is 0.361 e. The molecule has 1 atom stereocenters. The Kier molecular flexibility index (Phi) is 7.01. The first-order valence-corrected chi connectivity index (χ1v) is 11.9. The van der Waals surface area contributed by atoms with Gasteiger partial charge < -0.3 is 14.2 Å². The van der Waals surface area contributed by atoms with Gasteiger partial charge in [-0.05, 0) is 75.1 Å². The van der Waals surface area contributed by atoms with Crippen LogP contribution in [0.15, 0.2) is 41.3 Å². The summed E-state index contributed by atoms with van der Waals surface area (Å²) in [6, 6.07) is 6.06. The summed E-state index contributed by atoms with van der Waals surface area (Å²) in [5.74, 6) is 3.42. The van der Waals surface area contributed by atoms with Crippen molar-refractivity contribution in [1.29, 1.82) is 0 Å². The summed E-state index contributed by atoms with van der Waals surface area (Å²) in [6.45, 7) is 8.02. The lowest BCUT2D eigenvalue weighted by molar-refractivity contribution is 0.0286. The van der Waals surface area contributed by atoms with E-state index >= 15 is 0 Å². The van der Waals surface area contributed by atoms with Gasteiger partial charge in [-0.1, -0.05) is 12.8 Å². The molecule has 1 aromatic carbocycles. The van der Waals surface area contributed by atoms with E-state index < -0.39 is 0 Å². The fourth-order valence-electron chi connectivity index (χ4n) is 4.83. The summed E-state index contributed by atoms with van der Waals surface area (Å²) in [6.07, 6.45) is 16.9. The van der Waals surface area contributed by atoms with Crippen molar-refractivity contribution in [3.8, 4) is 12.3 Å². The van der Waals surface area contributed by atoms with Crippen molar-refractivity contribution in [3.63, 3.8) is 0 Å². The van der Waals surface area contributed by atoms with Crippen LogP contribution in [0, 0.1) is 23.7 Å². The number of hydrogen-bond acceptors (Lipinski definition) is 4. The third kappa shape index (κ3) is 5.42. The molecular weight excluding hydrogens is 396 g/mol. The Morgan fingerprint density at radius 3 is 2.91 bits per heavy atom. The van der Waals surface area contributed by atoms with Crippen molar-refractivity contribution in [1.82, 2.24) is 14.5 Å². The van der Waals surface area contributed by atoms with Crippen LogP contribution in [0.5, 0.6) is 0 Å². The highest BCUT2D eigenvalue weighted by Gasteiger charge is 2.28. The Bertz CT molecular complexity index is 1040. The molecule has 2 fully saturated rings. The van der Waals surface area contributed by atoms with Crippen molar-refractivity contribution < 1.29 is 4.74 Å². The summed E-state index contributed by atoms with van der Waals surface area (Å²) in [4.78, 5) is 11.5. The molecule has 2 aromatic rings. The number of terminal acetylenes is 1. The van der Waals surface area contributed by atoms with Gasteiger partial charge in [-0.15, -0.1) is 6.42 Å². The van der Waals surface area contributed by atoms with Crippen LogP contribution >= 0.6 is 0 Å². The van der Waals surface area contributed by atoms with Gasteiger partial charge in [0.05, 0.1) is 17.4 Å². The smallest absolute Gasteiger partial charge is 0.118 e. The molecule has 5 heteroatoms. The van der Waals surface area contributed by atoms with E-state index in [1.54, 1.807) is 0 Å². The molecule has 1 saturated heterocycles. The molecule has 1 aliphatic carbocycles. The normalized spacial score (nSPS) is 23.9. The zero-order valence-electron chi connectivity index (χ0n) is 19.8. The number of nitrogens with zero attached hydrogens (tertiary/aromatic N) is 4. The Morgan fingerprint density at radius 1 is 1.34 bits per heavy atom. The van der Waals surface area contributed by atoms with Crippen molar-refractivity contribution in [2.75, 3.05) is 26.9 Å². The molecule has 0 radical (unpaired) electrons. The number of benzene rings is 1. The maximum Gasteiger partial charge on any atom is 0.118 e. The molecule has 5 nitrogen and oxygen atoms in total. The Labute approximate surface area is 192 Å². The van der Waals surface area contributed by atoms with Gasteiger partial charge in [0, 0.05) is 49.6 Å². The molecule has 1 aliphatic heterocycles. The van der Waals surface area contributed by atoms with Crippen LogP contribution < -0.4 is 0 Å². The van der Waals surface area contributed by atoms with Gasteiger partial charge in [0.15, 0.2) is 0 Å². The fourth-order valence-corrected chi connectivity index (χ4v) is 4.83. The number of aromatic nitrogens is 2. The molecule has 0 spiro atoms. The lowest BCUT2D eigenvalue weighted by Crippen LogP contribution is -2.31. The van der Waals surface area contributed by atoms with Gasteiger partial charge in [0.25, 0.3) is 0 Å². The topological polar surface area (TPSA) is 42.6 Å². The SMILES string of the molecule is C#Cc1ccc2ncn(CC3(C)CCCOCN(/C(C)=C/C(=N\C)C4CC4)CCC3)c2c1. The van der Waals surface area contributed by atoms with Gasteiger partial charge in [-0.2, -0.15) is 0 Å². The van der Waals surface area contributed by atoms with Crippen LogP contribution in [0.4, 0.5) is 0 Å². The zero-order chi connectivity index (χ0) is 22.6. The zero-order valence-corrected chi connectivity index (χ0v) is 19.8. The third-order valence-electron chi connectivity index (χ3n) is 6.97. The van der Waals surface area contributed by atoms with Crippen molar-refractivity contribution in [2.24, 2.45) is 16.3 Å². The highest BCUT2D eigenvalue weighted by Crippen LogP contribution is 2.34. The van der Waals surface area contributed by atoms with E-state index in [1.807, 2.05) is 25.5 Å². The molecule has 4 rings (SSSR count). The second-order valence-electron chi connectivity index (χ2n) is 9.75. The van der Waals surface area contributed by atoms with Crippen LogP contribution in [0.2, 0.25) is 0 Å². The molecule has 0 amide bonds. The summed E-state index contributed by atoms with van der Waals surface area (Å²) < 4.78 is 8.35. The minimum Gasteiger partial charge on any atom is -0.361 e.